The Morgan fingerprint density at radius 1 is 1.14 bits per heavy atom. The topological polar surface area (TPSA) is 60.5 Å². The molecule has 0 saturated carbocycles. The molecule has 8 heteroatoms. The molecule has 0 bridgehead atoms. The molecule has 0 spiro atoms. The number of nitrogens with one attached hydrogen (secondary N) is 1. The molecule has 3 rings (SSSR count). The normalized spacial score (nSPS) is 10.7. The summed E-state index contributed by atoms with van der Waals surface area (Å²) in [5.41, 5.74) is 1.92. The van der Waals surface area contributed by atoms with Crippen LogP contribution in [0.2, 0.25) is 10.0 Å². The first-order valence-electron chi connectivity index (χ1n) is 8.95. The number of halogens is 2. The van der Waals surface area contributed by atoms with Crippen molar-refractivity contribution in [1.29, 1.82) is 0 Å². The van der Waals surface area contributed by atoms with Gasteiger partial charge in [-0.1, -0.05) is 36.5 Å². The third-order valence-electron chi connectivity index (χ3n) is 4.23. The number of methoxy groups -OCH3 is 2. The van der Waals surface area contributed by atoms with Gasteiger partial charge < -0.3 is 9.47 Å². The zero-order valence-electron chi connectivity index (χ0n) is 16.2. The monoisotopic (exact) mass is 450 g/mol. The maximum atomic E-state index is 12.7. The van der Waals surface area contributed by atoms with Crippen molar-refractivity contribution in [2.45, 2.75) is 19.8 Å². The van der Waals surface area contributed by atoms with E-state index in [0.717, 1.165) is 29.0 Å². The van der Waals surface area contributed by atoms with Crippen LogP contribution in [0.25, 0.3) is 11.3 Å². The number of carbonyl (C=O) groups is 1. The molecule has 1 amide bonds. The van der Waals surface area contributed by atoms with E-state index < -0.39 is 0 Å². The van der Waals surface area contributed by atoms with E-state index >= 15 is 0 Å². The lowest BCUT2D eigenvalue weighted by atomic mass is 10.1. The van der Waals surface area contributed by atoms with E-state index in [1.54, 1.807) is 26.4 Å². The van der Waals surface area contributed by atoms with Crippen LogP contribution in [-0.2, 0) is 6.42 Å². The SMILES string of the molecule is CCCc1sc(NC(=O)c2ccc(Cl)cc2Cl)nc1-c1cc(OC)ccc1OC. The van der Waals surface area contributed by atoms with Gasteiger partial charge in [-0.2, -0.15) is 0 Å². The Balaban J connectivity index is 1.98. The fourth-order valence-corrected chi connectivity index (χ4v) is 4.42. The van der Waals surface area contributed by atoms with Gasteiger partial charge in [0.15, 0.2) is 5.13 Å². The number of hydrogen-bond acceptors (Lipinski definition) is 5. The molecule has 29 heavy (non-hydrogen) atoms. The Labute approximate surface area is 183 Å². The third kappa shape index (κ3) is 4.83. The van der Waals surface area contributed by atoms with Crippen molar-refractivity contribution in [2.24, 2.45) is 0 Å². The van der Waals surface area contributed by atoms with Gasteiger partial charge in [0.05, 0.1) is 30.5 Å². The molecule has 3 aromatic rings. The van der Waals surface area contributed by atoms with Crippen LogP contribution < -0.4 is 14.8 Å². The number of rotatable bonds is 7. The first-order chi connectivity index (χ1) is 14.0. The lowest BCUT2D eigenvalue weighted by Gasteiger charge is -2.10. The third-order valence-corrected chi connectivity index (χ3v) is 5.81. The standard InChI is InChI=1S/C21H20Cl2N2O3S/c1-4-5-18-19(15-11-13(27-2)7-9-17(15)28-3)24-21(29-18)25-20(26)14-8-6-12(22)10-16(14)23/h6-11H,4-5H2,1-3H3,(H,24,25,26). The molecule has 1 aromatic heterocycles. The lowest BCUT2D eigenvalue weighted by molar-refractivity contribution is 0.102. The van der Waals surface area contributed by atoms with Crippen LogP contribution in [0.5, 0.6) is 11.5 Å². The minimum absolute atomic E-state index is 0.287. The second-order valence-corrected chi connectivity index (χ2v) is 8.11. The number of aryl methyl sites for hydroxylation is 1. The largest absolute Gasteiger partial charge is 0.497 e. The fourth-order valence-electron chi connectivity index (χ4n) is 2.85. The summed E-state index contributed by atoms with van der Waals surface area (Å²) in [4.78, 5) is 18.4. The predicted molar refractivity (Wildman–Crippen MR) is 119 cm³/mol. The van der Waals surface area contributed by atoms with Gasteiger partial charge in [0, 0.05) is 15.5 Å². The minimum Gasteiger partial charge on any atom is -0.497 e. The summed E-state index contributed by atoms with van der Waals surface area (Å²) in [7, 11) is 3.23. The first-order valence-corrected chi connectivity index (χ1v) is 10.5. The summed E-state index contributed by atoms with van der Waals surface area (Å²) in [6.45, 7) is 2.10. The van der Waals surface area contributed by atoms with Gasteiger partial charge in [-0.05, 0) is 42.8 Å². The van der Waals surface area contributed by atoms with Crippen LogP contribution in [0, 0.1) is 0 Å². The molecule has 0 fully saturated rings. The fraction of sp³-hybridized carbons (Fsp3) is 0.238. The average Bonchev–Trinajstić information content (AvgIpc) is 3.09. The van der Waals surface area contributed by atoms with Gasteiger partial charge in [0.25, 0.3) is 5.91 Å². The van der Waals surface area contributed by atoms with E-state index in [4.69, 9.17) is 32.7 Å². The van der Waals surface area contributed by atoms with Crippen molar-refractivity contribution in [2.75, 3.05) is 19.5 Å². The van der Waals surface area contributed by atoms with Crippen LogP contribution in [-0.4, -0.2) is 25.1 Å². The summed E-state index contributed by atoms with van der Waals surface area (Å²) in [5.74, 6) is 1.05. The number of ether oxygens (including phenoxy) is 2. The maximum Gasteiger partial charge on any atom is 0.258 e. The van der Waals surface area contributed by atoms with Crippen molar-refractivity contribution in [3.63, 3.8) is 0 Å². The van der Waals surface area contributed by atoms with Crippen LogP contribution >= 0.6 is 34.5 Å². The van der Waals surface area contributed by atoms with Gasteiger partial charge in [-0.3, -0.25) is 10.1 Å². The number of thiazole rings is 1. The number of hydrogen-bond donors (Lipinski definition) is 1. The lowest BCUT2D eigenvalue weighted by Crippen LogP contribution is -2.12. The van der Waals surface area contributed by atoms with Crippen molar-refractivity contribution in [3.05, 3.63) is 56.9 Å². The van der Waals surface area contributed by atoms with Crippen LogP contribution in [0.1, 0.15) is 28.6 Å². The Bertz CT molecular complexity index is 1040. The molecule has 5 nitrogen and oxygen atoms in total. The summed E-state index contributed by atoms with van der Waals surface area (Å²) in [5, 5.41) is 4.09. The Morgan fingerprint density at radius 2 is 1.93 bits per heavy atom. The number of aromatic nitrogens is 1. The predicted octanol–water partition coefficient (Wildman–Crippen LogP) is 6.34. The summed E-state index contributed by atoms with van der Waals surface area (Å²) in [6.07, 6.45) is 1.77. The van der Waals surface area contributed by atoms with E-state index in [2.05, 4.69) is 17.2 Å². The van der Waals surface area contributed by atoms with E-state index in [9.17, 15) is 4.79 Å². The second kappa shape index (κ2) is 9.48. The highest BCUT2D eigenvalue weighted by Crippen LogP contribution is 2.39. The van der Waals surface area contributed by atoms with Crippen molar-refractivity contribution in [1.82, 2.24) is 4.98 Å². The smallest absolute Gasteiger partial charge is 0.258 e. The van der Waals surface area contributed by atoms with Gasteiger partial charge in [0.2, 0.25) is 0 Å². The van der Waals surface area contributed by atoms with Crippen molar-refractivity contribution < 1.29 is 14.3 Å². The Hall–Kier alpha value is -2.28. The minimum atomic E-state index is -0.340. The highest BCUT2D eigenvalue weighted by atomic mass is 35.5. The van der Waals surface area contributed by atoms with E-state index in [0.29, 0.717) is 27.2 Å². The molecule has 0 unspecified atom stereocenters. The molecular weight excluding hydrogens is 431 g/mol. The number of benzene rings is 2. The highest BCUT2D eigenvalue weighted by molar-refractivity contribution is 7.16. The molecule has 152 valence electrons. The van der Waals surface area contributed by atoms with Crippen molar-refractivity contribution >= 4 is 45.6 Å². The van der Waals surface area contributed by atoms with E-state index in [1.165, 1.54) is 17.4 Å². The molecule has 2 aromatic carbocycles. The summed E-state index contributed by atoms with van der Waals surface area (Å²) >= 11 is 13.5. The quantitative estimate of drug-likeness (QED) is 0.456. The molecule has 1 heterocycles. The Morgan fingerprint density at radius 3 is 2.59 bits per heavy atom. The van der Waals surface area contributed by atoms with Crippen LogP contribution in [0.4, 0.5) is 5.13 Å². The van der Waals surface area contributed by atoms with E-state index in [1.807, 2.05) is 18.2 Å². The number of carbonyl (C=O) groups excluding carboxylic acids is 1. The number of nitrogens with zero attached hydrogens (tertiary/aromatic N) is 1. The molecule has 0 radical (unpaired) electrons. The average molecular weight is 451 g/mol. The van der Waals surface area contributed by atoms with Gasteiger partial charge >= 0.3 is 0 Å². The van der Waals surface area contributed by atoms with Crippen LogP contribution in [0.3, 0.4) is 0 Å². The van der Waals surface area contributed by atoms with Crippen LogP contribution in [0.15, 0.2) is 36.4 Å². The number of anilines is 1. The zero-order valence-corrected chi connectivity index (χ0v) is 18.5. The first kappa shape index (κ1) is 21.4. The highest BCUT2D eigenvalue weighted by Gasteiger charge is 2.19. The van der Waals surface area contributed by atoms with Gasteiger partial charge in [-0.25, -0.2) is 4.98 Å². The Kier molecular flexibility index (Phi) is 7.00. The molecule has 0 atom stereocenters. The van der Waals surface area contributed by atoms with Gasteiger partial charge in [-0.15, -0.1) is 11.3 Å². The number of amides is 1. The summed E-state index contributed by atoms with van der Waals surface area (Å²) in [6, 6.07) is 10.3. The molecular formula is C21H20Cl2N2O3S. The van der Waals surface area contributed by atoms with E-state index in [-0.39, 0.29) is 10.9 Å². The zero-order chi connectivity index (χ0) is 21.0. The molecule has 0 aliphatic heterocycles. The summed E-state index contributed by atoms with van der Waals surface area (Å²) < 4.78 is 10.9. The molecule has 1 N–H and O–H groups in total. The second-order valence-electron chi connectivity index (χ2n) is 6.19. The van der Waals surface area contributed by atoms with Gasteiger partial charge in [0.1, 0.15) is 11.5 Å². The molecule has 0 saturated heterocycles. The molecule has 0 aliphatic rings. The van der Waals surface area contributed by atoms with Crippen molar-refractivity contribution in [3.8, 4) is 22.8 Å². The maximum absolute atomic E-state index is 12.7. The molecule has 0 aliphatic carbocycles.